The van der Waals surface area contributed by atoms with Crippen LogP contribution in [0.5, 0.6) is 0 Å². The number of aromatic nitrogens is 2. The average molecular weight is 366 g/mol. The normalized spacial score (nSPS) is 15.7. The standard InChI is InChI=1S/C17H14F4N4O/c18-12-2-3-13-14(9-12)26-16(23-13)25-7-5-24(6-8-25)15-4-1-11(10-22-15)17(19,20)21/h1-4,9-10H,5-8H2. The van der Waals surface area contributed by atoms with Gasteiger partial charge in [-0.3, -0.25) is 0 Å². The van der Waals surface area contributed by atoms with E-state index in [1.54, 1.807) is 6.07 Å². The minimum atomic E-state index is -4.39. The van der Waals surface area contributed by atoms with E-state index in [1.807, 2.05) is 9.80 Å². The highest BCUT2D eigenvalue weighted by Gasteiger charge is 2.31. The van der Waals surface area contributed by atoms with Crippen molar-refractivity contribution in [3.8, 4) is 0 Å². The molecule has 5 nitrogen and oxygen atoms in total. The Morgan fingerprint density at radius 1 is 0.962 bits per heavy atom. The monoisotopic (exact) mass is 366 g/mol. The number of pyridine rings is 1. The zero-order chi connectivity index (χ0) is 18.3. The second-order valence-corrected chi connectivity index (χ2v) is 5.99. The molecule has 0 amide bonds. The third-order valence-corrected chi connectivity index (χ3v) is 4.29. The van der Waals surface area contributed by atoms with Crippen LogP contribution in [0.25, 0.3) is 11.1 Å². The molecule has 1 fully saturated rings. The molecule has 0 unspecified atom stereocenters. The number of fused-ring (bicyclic) bond motifs is 1. The number of rotatable bonds is 2. The van der Waals surface area contributed by atoms with E-state index in [0.29, 0.717) is 49.1 Å². The Bertz CT molecular complexity index is 915. The highest BCUT2D eigenvalue weighted by molar-refractivity contribution is 5.74. The molecule has 1 aliphatic rings. The summed E-state index contributed by atoms with van der Waals surface area (Å²) in [5.41, 5.74) is 0.193. The lowest BCUT2D eigenvalue weighted by Crippen LogP contribution is -2.47. The Morgan fingerprint density at radius 2 is 1.69 bits per heavy atom. The van der Waals surface area contributed by atoms with Gasteiger partial charge in [-0.05, 0) is 24.3 Å². The van der Waals surface area contributed by atoms with Gasteiger partial charge < -0.3 is 14.2 Å². The van der Waals surface area contributed by atoms with Crippen LogP contribution >= 0.6 is 0 Å². The number of piperazine rings is 1. The van der Waals surface area contributed by atoms with E-state index < -0.39 is 17.6 Å². The maximum absolute atomic E-state index is 13.2. The Labute approximate surface area is 145 Å². The Hall–Kier alpha value is -2.84. The van der Waals surface area contributed by atoms with Crippen LogP contribution in [0.15, 0.2) is 40.9 Å². The molecule has 2 aromatic heterocycles. The maximum Gasteiger partial charge on any atom is 0.417 e. The number of hydrogen-bond donors (Lipinski definition) is 0. The minimum Gasteiger partial charge on any atom is -0.423 e. The highest BCUT2D eigenvalue weighted by Crippen LogP contribution is 2.30. The Morgan fingerprint density at radius 3 is 2.35 bits per heavy atom. The molecule has 0 bridgehead atoms. The van der Waals surface area contributed by atoms with Crippen molar-refractivity contribution in [2.24, 2.45) is 0 Å². The largest absolute Gasteiger partial charge is 0.423 e. The van der Waals surface area contributed by atoms with Crippen LogP contribution in [0.2, 0.25) is 0 Å². The van der Waals surface area contributed by atoms with Crippen molar-refractivity contribution in [1.82, 2.24) is 9.97 Å². The van der Waals surface area contributed by atoms with Crippen molar-refractivity contribution in [2.75, 3.05) is 36.0 Å². The molecule has 4 rings (SSSR count). The molecule has 0 spiro atoms. The quantitative estimate of drug-likeness (QED) is 0.647. The molecule has 0 radical (unpaired) electrons. The van der Waals surface area contributed by atoms with Crippen molar-refractivity contribution in [2.45, 2.75) is 6.18 Å². The summed E-state index contributed by atoms with van der Waals surface area (Å²) in [7, 11) is 0. The summed E-state index contributed by atoms with van der Waals surface area (Å²) in [6, 6.07) is 6.98. The summed E-state index contributed by atoms with van der Waals surface area (Å²) in [5, 5.41) is 0. The van der Waals surface area contributed by atoms with E-state index in [-0.39, 0.29) is 0 Å². The van der Waals surface area contributed by atoms with Crippen molar-refractivity contribution in [1.29, 1.82) is 0 Å². The van der Waals surface area contributed by atoms with Crippen LogP contribution in [0, 0.1) is 5.82 Å². The van der Waals surface area contributed by atoms with Crippen LogP contribution in [-0.4, -0.2) is 36.1 Å². The third kappa shape index (κ3) is 3.16. The first-order chi connectivity index (χ1) is 12.4. The van der Waals surface area contributed by atoms with E-state index in [1.165, 1.54) is 18.2 Å². The molecule has 3 aromatic rings. The number of benzene rings is 1. The maximum atomic E-state index is 13.2. The number of nitrogens with zero attached hydrogens (tertiary/aromatic N) is 4. The number of alkyl halides is 3. The number of hydrogen-bond acceptors (Lipinski definition) is 5. The second-order valence-electron chi connectivity index (χ2n) is 5.99. The topological polar surface area (TPSA) is 45.4 Å². The first kappa shape index (κ1) is 16.6. The predicted octanol–water partition coefficient (Wildman–Crippen LogP) is 3.71. The Kier molecular flexibility index (Phi) is 3.93. The molecule has 136 valence electrons. The zero-order valence-electron chi connectivity index (χ0n) is 13.5. The van der Waals surface area contributed by atoms with Gasteiger partial charge in [-0.1, -0.05) is 0 Å². The van der Waals surface area contributed by atoms with Crippen LogP contribution in [0.4, 0.5) is 29.4 Å². The first-order valence-corrected chi connectivity index (χ1v) is 7.99. The van der Waals surface area contributed by atoms with Gasteiger partial charge in [0.15, 0.2) is 5.58 Å². The van der Waals surface area contributed by atoms with Gasteiger partial charge in [0, 0.05) is 38.4 Å². The predicted molar refractivity (Wildman–Crippen MR) is 87.6 cm³/mol. The third-order valence-electron chi connectivity index (χ3n) is 4.29. The second kappa shape index (κ2) is 6.15. The van der Waals surface area contributed by atoms with Gasteiger partial charge in [-0.2, -0.15) is 18.2 Å². The van der Waals surface area contributed by atoms with Crippen molar-refractivity contribution >= 4 is 22.9 Å². The number of anilines is 2. The summed E-state index contributed by atoms with van der Waals surface area (Å²) in [4.78, 5) is 12.1. The zero-order valence-corrected chi connectivity index (χ0v) is 13.5. The lowest BCUT2D eigenvalue weighted by molar-refractivity contribution is -0.137. The van der Waals surface area contributed by atoms with Gasteiger partial charge in [-0.25, -0.2) is 9.37 Å². The summed E-state index contributed by atoms with van der Waals surface area (Å²) in [6.07, 6.45) is -3.55. The Balaban J connectivity index is 1.44. The fraction of sp³-hybridized carbons (Fsp3) is 0.294. The molecule has 3 heterocycles. The molecular formula is C17H14F4N4O. The number of oxazole rings is 1. The average Bonchev–Trinajstić information content (AvgIpc) is 3.04. The fourth-order valence-corrected chi connectivity index (χ4v) is 2.89. The van der Waals surface area contributed by atoms with Gasteiger partial charge in [0.25, 0.3) is 6.01 Å². The molecule has 0 saturated carbocycles. The summed E-state index contributed by atoms with van der Waals surface area (Å²) >= 11 is 0. The molecule has 1 saturated heterocycles. The van der Waals surface area contributed by atoms with E-state index in [2.05, 4.69) is 9.97 Å². The number of halogens is 4. The molecule has 26 heavy (non-hydrogen) atoms. The smallest absolute Gasteiger partial charge is 0.417 e. The summed E-state index contributed by atoms with van der Waals surface area (Å²) < 4.78 is 56.7. The molecule has 1 aromatic carbocycles. The van der Waals surface area contributed by atoms with Crippen molar-refractivity contribution in [3.05, 3.63) is 47.9 Å². The molecule has 0 aliphatic carbocycles. The van der Waals surface area contributed by atoms with Crippen molar-refractivity contribution < 1.29 is 22.0 Å². The lowest BCUT2D eigenvalue weighted by atomic mass is 10.2. The van der Waals surface area contributed by atoms with Gasteiger partial charge >= 0.3 is 6.18 Å². The highest BCUT2D eigenvalue weighted by atomic mass is 19.4. The molecule has 9 heteroatoms. The van der Waals surface area contributed by atoms with Gasteiger partial charge in [0.1, 0.15) is 17.2 Å². The lowest BCUT2D eigenvalue weighted by Gasteiger charge is -2.34. The fourth-order valence-electron chi connectivity index (χ4n) is 2.89. The molecule has 1 aliphatic heterocycles. The van der Waals surface area contributed by atoms with Crippen LogP contribution in [-0.2, 0) is 6.18 Å². The van der Waals surface area contributed by atoms with Crippen LogP contribution in [0.1, 0.15) is 5.56 Å². The van der Waals surface area contributed by atoms with E-state index >= 15 is 0 Å². The molecule has 0 N–H and O–H groups in total. The minimum absolute atomic E-state index is 0.381. The molecule has 0 atom stereocenters. The van der Waals surface area contributed by atoms with Crippen molar-refractivity contribution in [3.63, 3.8) is 0 Å². The van der Waals surface area contributed by atoms with E-state index in [9.17, 15) is 17.6 Å². The van der Waals surface area contributed by atoms with E-state index in [0.717, 1.165) is 12.3 Å². The summed E-state index contributed by atoms with van der Waals surface area (Å²) in [5.74, 6) is 0.107. The van der Waals surface area contributed by atoms with Gasteiger partial charge in [-0.15, -0.1) is 0 Å². The molecular weight excluding hydrogens is 352 g/mol. The first-order valence-electron chi connectivity index (χ1n) is 7.99. The van der Waals surface area contributed by atoms with Crippen LogP contribution in [0.3, 0.4) is 0 Å². The van der Waals surface area contributed by atoms with Crippen LogP contribution < -0.4 is 9.80 Å². The SMILES string of the molecule is Fc1ccc2nc(N3CCN(c4ccc(C(F)(F)F)cn4)CC3)oc2c1. The summed E-state index contributed by atoms with van der Waals surface area (Å²) in [6.45, 7) is 2.26. The van der Waals surface area contributed by atoms with E-state index in [4.69, 9.17) is 4.42 Å². The van der Waals surface area contributed by atoms with Gasteiger partial charge in [0.05, 0.1) is 5.56 Å². The van der Waals surface area contributed by atoms with Gasteiger partial charge in [0.2, 0.25) is 0 Å².